The molecule has 0 unspecified atom stereocenters. The Bertz CT molecular complexity index is 346. The van der Waals surface area contributed by atoms with Gasteiger partial charge in [-0.05, 0) is 18.6 Å². The average Bonchev–Trinajstić information content (AvgIpc) is 2.49. The number of rotatable bonds is 3. The Morgan fingerprint density at radius 1 is 1.22 bits per heavy atom. The molecule has 1 fully saturated rings. The predicted molar refractivity (Wildman–Crippen MR) is 78.8 cm³/mol. The third-order valence-corrected chi connectivity index (χ3v) is 3.14. The van der Waals surface area contributed by atoms with E-state index in [1.54, 1.807) is 7.11 Å². The number of nitrogens with zero attached hydrogens (tertiary/aromatic N) is 1. The average molecular weight is 250 g/mol. The van der Waals surface area contributed by atoms with Crippen molar-refractivity contribution in [3.05, 3.63) is 23.8 Å². The topological polar surface area (TPSA) is 24.5 Å². The third kappa shape index (κ3) is 3.39. The molecule has 1 aromatic carbocycles. The Balaban J connectivity index is 0.000000771. The fourth-order valence-electron chi connectivity index (χ4n) is 2.30. The fourth-order valence-corrected chi connectivity index (χ4v) is 2.30. The fraction of sp³-hybridized carbons (Fsp3) is 0.600. The summed E-state index contributed by atoms with van der Waals surface area (Å²) in [5, 5.41) is 3.38. The van der Waals surface area contributed by atoms with E-state index in [0.717, 1.165) is 38.3 Å². The quantitative estimate of drug-likeness (QED) is 0.892. The number of benzene rings is 1. The maximum absolute atomic E-state index is 5.43. The number of ether oxygens (including phenoxy) is 1. The van der Waals surface area contributed by atoms with Gasteiger partial charge < -0.3 is 15.0 Å². The highest BCUT2D eigenvalue weighted by Crippen LogP contribution is 2.29. The number of hydrogen-bond acceptors (Lipinski definition) is 3. The van der Waals surface area contributed by atoms with Gasteiger partial charge in [0.05, 0.1) is 7.11 Å². The SMILES string of the molecule is CC.CCc1c(OC)cccc1N1CCNCC1. The molecule has 0 saturated carbocycles. The lowest BCUT2D eigenvalue weighted by Gasteiger charge is -2.31. The largest absolute Gasteiger partial charge is 0.496 e. The van der Waals surface area contributed by atoms with Gasteiger partial charge in [0.15, 0.2) is 0 Å². The lowest BCUT2D eigenvalue weighted by Crippen LogP contribution is -2.43. The van der Waals surface area contributed by atoms with Gasteiger partial charge in [0.25, 0.3) is 0 Å². The Labute approximate surface area is 111 Å². The summed E-state index contributed by atoms with van der Waals surface area (Å²) in [4.78, 5) is 2.44. The molecule has 0 atom stereocenters. The molecule has 1 aliphatic rings. The maximum Gasteiger partial charge on any atom is 0.124 e. The predicted octanol–water partition coefficient (Wildman–Crippen LogP) is 2.69. The highest BCUT2D eigenvalue weighted by molar-refractivity contribution is 5.59. The van der Waals surface area contributed by atoms with Gasteiger partial charge in [0.2, 0.25) is 0 Å². The summed E-state index contributed by atoms with van der Waals surface area (Å²) in [5.74, 6) is 1.01. The van der Waals surface area contributed by atoms with E-state index in [9.17, 15) is 0 Å². The molecule has 102 valence electrons. The number of methoxy groups -OCH3 is 1. The van der Waals surface area contributed by atoms with Crippen LogP contribution in [0.1, 0.15) is 26.3 Å². The lowest BCUT2D eigenvalue weighted by atomic mass is 10.1. The molecule has 0 aliphatic carbocycles. The minimum absolute atomic E-state index is 1.01. The zero-order valence-electron chi connectivity index (χ0n) is 12.1. The monoisotopic (exact) mass is 250 g/mol. The van der Waals surface area contributed by atoms with E-state index >= 15 is 0 Å². The zero-order chi connectivity index (χ0) is 13.4. The summed E-state index contributed by atoms with van der Waals surface area (Å²) in [6.07, 6.45) is 1.02. The smallest absolute Gasteiger partial charge is 0.124 e. The number of anilines is 1. The molecular weight excluding hydrogens is 224 g/mol. The van der Waals surface area contributed by atoms with Crippen molar-refractivity contribution in [3.63, 3.8) is 0 Å². The molecule has 1 aromatic rings. The van der Waals surface area contributed by atoms with E-state index in [1.807, 2.05) is 19.9 Å². The van der Waals surface area contributed by atoms with Crippen LogP contribution in [0.25, 0.3) is 0 Å². The van der Waals surface area contributed by atoms with Crippen LogP contribution < -0.4 is 15.0 Å². The summed E-state index contributed by atoms with van der Waals surface area (Å²) >= 11 is 0. The van der Waals surface area contributed by atoms with Crippen LogP contribution >= 0.6 is 0 Å². The van der Waals surface area contributed by atoms with Gasteiger partial charge >= 0.3 is 0 Å². The molecule has 0 amide bonds. The minimum atomic E-state index is 1.01. The van der Waals surface area contributed by atoms with Crippen molar-refractivity contribution in [2.24, 2.45) is 0 Å². The second-order valence-electron chi connectivity index (χ2n) is 4.05. The maximum atomic E-state index is 5.43. The van der Waals surface area contributed by atoms with Crippen LogP contribution in [0.2, 0.25) is 0 Å². The van der Waals surface area contributed by atoms with E-state index in [0.29, 0.717) is 0 Å². The van der Waals surface area contributed by atoms with Crippen LogP contribution in [0.3, 0.4) is 0 Å². The second kappa shape index (κ2) is 7.98. The third-order valence-electron chi connectivity index (χ3n) is 3.14. The Morgan fingerprint density at radius 3 is 2.44 bits per heavy atom. The molecule has 0 bridgehead atoms. The van der Waals surface area contributed by atoms with Gasteiger partial charge in [-0.25, -0.2) is 0 Å². The first kappa shape index (κ1) is 14.8. The standard InChI is InChI=1S/C13H20N2O.C2H6/c1-3-11-12(5-4-6-13(11)16-2)15-9-7-14-8-10-15;1-2/h4-6,14H,3,7-10H2,1-2H3;1-2H3. The molecule has 1 saturated heterocycles. The summed E-state index contributed by atoms with van der Waals surface area (Å²) in [6.45, 7) is 10.5. The highest BCUT2D eigenvalue weighted by atomic mass is 16.5. The molecule has 3 nitrogen and oxygen atoms in total. The molecule has 0 radical (unpaired) electrons. The van der Waals surface area contributed by atoms with Crippen molar-refractivity contribution in [2.75, 3.05) is 38.2 Å². The molecule has 2 rings (SSSR count). The van der Waals surface area contributed by atoms with Gasteiger partial charge in [-0.2, -0.15) is 0 Å². The van der Waals surface area contributed by atoms with E-state index in [1.165, 1.54) is 11.3 Å². The first-order valence-electron chi connectivity index (χ1n) is 6.98. The van der Waals surface area contributed by atoms with Crippen molar-refractivity contribution in [3.8, 4) is 5.75 Å². The summed E-state index contributed by atoms with van der Waals surface area (Å²) in [6, 6.07) is 6.33. The summed E-state index contributed by atoms with van der Waals surface area (Å²) in [5.41, 5.74) is 2.66. The van der Waals surface area contributed by atoms with E-state index in [2.05, 4.69) is 29.3 Å². The van der Waals surface area contributed by atoms with Crippen LogP contribution in [0.4, 0.5) is 5.69 Å². The summed E-state index contributed by atoms with van der Waals surface area (Å²) < 4.78 is 5.43. The van der Waals surface area contributed by atoms with E-state index in [4.69, 9.17) is 4.74 Å². The molecule has 1 heterocycles. The van der Waals surface area contributed by atoms with Gasteiger partial charge in [-0.1, -0.05) is 26.8 Å². The van der Waals surface area contributed by atoms with Crippen molar-refractivity contribution in [1.82, 2.24) is 5.32 Å². The zero-order valence-corrected chi connectivity index (χ0v) is 12.1. The Morgan fingerprint density at radius 2 is 1.89 bits per heavy atom. The number of piperazine rings is 1. The Hall–Kier alpha value is -1.22. The second-order valence-corrected chi connectivity index (χ2v) is 4.05. The van der Waals surface area contributed by atoms with E-state index < -0.39 is 0 Å². The molecule has 0 spiro atoms. The molecule has 1 aliphatic heterocycles. The van der Waals surface area contributed by atoms with Gasteiger partial charge in [0.1, 0.15) is 5.75 Å². The van der Waals surface area contributed by atoms with E-state index in [-0.39, 0.29) is 0 Å². The van der Waals surface area contributed by atoms with Crippen molar-refractivity contribution < 1.29 is 4.74 Å². The van der Waals surface area contributed by atoms with Crippen molar-refractivity contribution >= 4 is 5.69 Å². The van der Waals surface area contributed by atoms with Crippen molar-refractivity contribution in [2.45, 2.75) is 27.2 Å². The molecule has 0 aromatic heterocycles. The molecule has 18 heavy (non-hydrogen) atoms. The number of hydrogen-bond donors (Lipinski definition) is 1. The molecule has 1 N–H and O–H groups in total. The molecular formula is C15H26N2O. The molecule has 3 heteroatoms. The lowest BCUT2D eigenvalue weighted by molar-refractivity contribution is 0.410. The summed E-state index contributed by atoms with van der Waals surface area (Å²) in [7, 11) is 1.75. The number of nitrogens with one attached hydrogen (secondary N) is 1. The first-order chi connectivity index (χ1) is 8.86. The van der Waals surface area contributed by atoms with Crippen LogP contribution in [-0.4, -0.2) is 33.3 Å². The van der Waals surface area contributed by atoms with Crippen molar-refractivity contribution in [1.29, 1.82) is 0 Å². The van der Waals surface area contributed by atoms with Crippen LogP contribution in [-0.2, 0) is 6.42 Å². The van der Waals surface area contributed by atoms with Crippen LogP contribution in [0.15, 0.2) is 18.2 Å². The minimum Gasteiger partial charge on any atom is -0.496 e. The highest BCUT2D eigenvalue weighted by Gasteiger charge is 2.15. The van der Waals surface area contributed by atoms with Crippen LogP contribution in [0, 0.1) is 0 Å². The first-order valence-corrected chi connectivity index (χ1v) is 6.98. The van der Waals surface area contributed by atoms with Gasteiger partial charge in [-0.3, -0.25) is 0 Å². The van der Waals surface area contributed by atoms with Gasteiger partial charge in [0, 0.05) is 37.4 Å². The Kier molecular flexibility index (Phi) is 6.58. The normalized spacial score (nSPS) is 14.8. The van der Waals surface area contributed by atoms with Gasteiger partial charge in [-0.15, -0.1) is 0 Å². The van der Waals surface area contributed by atoms with Crippen LogP contribution in [0.5, 0.6) is 5.75 Å².